The van der Waals surface area contributed by atoms with Gasteiger partial charge in [0.25, 0.3) is 0 Å². The quantitative estimate of drug-likeness (QED) is 0.204. The smallest absolute Gasteiger partial charge is 0.0705 e. The fourth-order valence-corrected chi connectivity index (χ4v) is 5.46. The Hall–Kier alpha value is -3.45. The van der Waals surface area contributed by atoms with Crippen LogP contribution in [0.25, 0.3) is 10.9 Å². The van der Waals surface area contributed by atoms with Gasteiger partial charge in [0.05, 0.1) is 28.6 Å². The van der Waals surface area contributed by atoms with E-state index in [1.807, 2.05) is 30.6 Å². The van der Waals surface area contributed by atoms with Crippen LogP contribution in [-0.2, 0) is 32.6 Å². The van der Waals surface area contributed by atoms with Gasteiger partial charge in [0.1, 0.15) is 0 Å². The van der Waals surface area contributed by atoms with E-state index in [9.17, 15) is 0 Å². The Bertz CT molecular complexity index is 1490. The highest BCUT2D eigenvalue weighted by molar-refractivity contribution is 8.93. The molecule has 0 fully saturated rings. The summed E-state index contributed by atoms with van der Waals surface area (Å²) < 4.78 is 0. The molecule has 5 nitrogen and oxygen atoms in total. The Kier molecular flexibility index (Phi) is 9.09. The summed E-state index contributed by atoms with van der Waals surface area (Å²) in [5.74, 6) is 0. The minimum atomic E-state index is 0. The van der Waals surface area contributed by atoms with Gasteiger partial charge in [0.15, 0.2) is 0 Å². The number of benzene rings is 2. The van der Waals surface area contributed by atoms with Crippen molar-refractivity contribution >= 4 is 27.9 Å². The summed E-state index contributed by atoms with van der Waals surface area (Å²) in [5, 5.41) is 4.68. The number of fused-ring (bicyclic) bond motifs is 2. The van der Waals surface area contributed by atoms with Gasteiger partial charge in [-0.1, -0.05) is 60.7 Å². The molecule has 5 aromatic rings. The molecule has 0 saturated carbocycles. The number of hydrogen-bond donors (Lipinski definition) is 1. The maximum atomic E-state index is 5.00. The van der Waals surface area contributed by atoms with E-state index in [0.717, 1.165) is 55.9 Å². The van der Waals surface area contributed by atoms with E-state index in [1.165, 1.54) is 34.2 Å². The van der Waals surface area contributed by atoms with Crippen LogP contribution in [0.2, 0.25) is 0 Å². The number of nitrogens with zero attached hydrogens (tertiary/aromatic N) is 4. The fraction of sp³-hybridized carbons (Fsp3) is 0.242. The van der Waals surface area contributed by atoms with Gasteiger partial charge in [-0.15, -0.1) is 17.0 Å². The maximum absolute atomic E-state index is 5.00. The molecule has 39 heavy (non-hydrogen) atoms. The van der Waals surface area contributed by atoms with Crippen LogP contribution in [0.3, 0.4) is 0 Å². The zero-order chi connectivity index (χ0) is 25.6. The van der Waals surface area contributed by atoms with E-state index in [2.05, 4.69) is 88.0 Å². The first-order valence-corrected chi connectivity index (χ1v) is 13.5. The minimum Gasteiger partial charge on any atom is -0.307 e. The van der Waals surface area contributed by atoms with E-state index >= 15 is 0 Å². The molecule has 1 atom stereocenters. The molecule has 6 heteroatoms. The second-order valence-electron chi connectivity index (χ2n) is 10.1. The minimum absolute atomic E-state index is 0. The van der Waals surface area contributed by atoms with Gasteiger partial charge in [0.2, 0.25) is 0 Å². The molecule has 1 aliphatic rings. The van der Waals surface area contributed by atoms with Crippen molar-refractivity contribution < 1.29 is 0 Å². The summed E-state index contributed by atoms with van der Waals surface area (Å²) in [6, 6.07) is 32.3. The number of para-hydroxylation sites is 1. The summed E-state index contributed by atoms with van der Waals surface area (Å²) >= 11 is 0. The van der Waals surface area contributed by atoms with Gasteiger partial charge in [-0.25, -0.2) is 0 Å². The molecule has 1 N–H and O–H groups in total. The summed E-state index contributed by atoms with van der Waals surface area (Å²) in [7, 11) is 0. The van der Waals surface area contributed by atoms with Crippen molar-refractivity contribution in [3.8, 4) is 0 Å². The highest BCUT2D eigenvalue weighted by Gasteiger charge is 2.27. The topological polar surface area (TPSA) is 53.9 Å². The highest BCUT2D eigenvalue weighted by Crippen LogP contribution is 2.34. The van der Waals surface area contributed by atoms with E-state index in [0.29, 0.717) is 0 Å². The third kappa shape index (κ3) is 6.77. The molecule has 6 rings (SSSR count). The van der Waals surface area contributed by atoms with E-state index in [1.54, 1.807) is 0 Å². The van der Waals surface area contributed by atoms with Crippen LogP contribution in [0, 0.1) is 0 Å². The molecular formula is C33H34BrN5. The number of halogens is 1. The van der Waals surface area contributed by atoms with Crippen molar-refractivity contribution in [3.63, 3.8) is 0 Å². The normalized spacial score (nSPS) is 14.6. The van der Waals surface area contributed by atoms with Crippen LogP contribution in [0.4, 0.5) is 0 Å². The van der Waals surface area contributed by atoms with Gasteiger partial charge >= 0.3 is 0 Å². The number of hydrogen-bond acceptors (Lipinski definition) is 5. The third-order valence-electron chi connectivity index (χ3n) is 7.40. The molecule has 2 aromatic carbocycles. The van der Waals surface area contributed by atoms with Crippen molar-refractivity contribution in [2.24, 2.45) is 0 Å². The van der Waals surface area contributed by atoms with Gasteiger partial charge in [0, 0.05) is 44.0 Å². The lowest BCUT2D eigenvalue weighted by molar-refractivity contribution is 0.155. The summed E-state index contributed by atoms with van der Waals surface area (Å²) in [5.41, 5.74) is 8.41. The number of rotatable bonds is 9. The van der Waals surface area contributed by atoms with Crippen LogP contribution < -0.4 is 5.32 Å². The number of pyridine rings is 3. The third-order valence-corrected chi connectivity index (χ3v) is 7.40. The molecule has 0 aliphatic heterocycles. The largest absolute Gasteiger partial charge is 0.307 e. The number of nitrogens with one attached hydrogen (secondary N) is 1. The molecule has 0 bridgehead atoms. The second-order valence-corrected chi connectivity index (χ2v) is 10.1. The van der Waals surface area contributed by atoms with Crippen molar-refractivity contribution in [2.75, 3.05) is 0 Å². The lowest BCUT2D eigenvalue weighted by atomic mass is 9.90. The zero-order valence-electron chi connectivity index (χ0n) is 22.0. The molecule has 1 aliphatic carbocycles. The lowest BCUT2D eigenvalue weighted by Crippen LogP contribution is -2.31. The van der Waals surface area contributed by atoms with Crippen LogP contribution in [-0.4, -0.2) is 19.9 Å². The first-order chi connectivity index (χ1) is 18.8. The van der Waals surface area contributed by atoms with E-state index in [4.69, 9.17) is 9.97 Å². The molecule has 198 valence electrons. The molecule has 3 heterocycles. The summed E-state index contributed by atoms with van der Waals surface area (Å²) in [4.78, 5) is 16.8. The van der Waals surface area contributed by atoms with Crippen molar-refractivity contribution in [1.82, 2.24) is 25.2 Å². The predicted molar refractivity (Wildman–Crippen MR) is 162 cm³/mol. The second kappa shape index (κ2) is 13.1. The predicted octanol–water partition coefficient (Wildman–Crippen LogP) is 6.97. The Balaban J connectivity index is 0.00000308. The van der Waals surface area contributed by atoms with E-state index in [-0.39, 0.29) is 23.0 Å². The van der Waals surface area contributed by atoms with Crippen LogP contribution in [0.1, 0.15) is 52.7 Å². The van der Waals surface area contributed by atoms with Gasteiger partial charge in [-0.3, -0.25) is 19.9 Å². The molecule has 0 radical (unpaired) electrons. The molecule has 1 unspecified atom stereocenters. The molecule has 3 aromatic heterocycles. The van der Waals surface area contributed by atoms with E-state index < -0.39 is 0 Å². The van der Waals surface area contributed by atoms with Crippen molar-refractivity contribution in [3.05, 3.63) is 137 Å². The first kappa shape index (κ1) is 27.1. The van der Waals surface area contributed by atoms with Gasteiger partial charge in [-0.05, 0) is 66.3 Å². The summed E-state index contributed by atoms with van der Waals surface area (Å²) in [6.45, 7) is 3.24. The molecular weight excluding hydrogens is 546 g/mol. The van der Waals surface area contributed by atoms with Crippen LogP contribution in [0.15, 0.2) is 103 Å². The lowest BCUT2D eigenvalue weighted by Gasteiger charge is -2.35. The maximum Gasteiger partial charge on any atom is 0.0705 e. The SMILES string of the molecule is Br.c1ccc(CNCc2ccc(CN(Cc3ccc4ccccc4n3)C3CCCc4cccnc43)cc2)nc1. The average molecular weight is 581 g/mol. The molecule has 0 spiro atoms. The van der Waals surface area contributed by atoms with Gasteiger partial charge in [-0.2, -0.15) is 0 Å². The summed E-state index contributed by atoms with van der Waals surface area (Å²) in [6.07, 6.45) is 7.20. The molecule has 0 saturated heterocycles. The Morgan fingerprint density at radius 1 is 0.718 bits per heavy atom. The Morgan fingerprint density at radius 3 is 2.41 bits per heavy atom. The molecule has 0 amide bonds. The van der Waals surface area contributed by atoms with Crippen molar-refractivity contribution in [1.29, 1.82) is 0 Å². The first-order valence-electron chi connectivity index (χ1n) is 13.5. The Labute approximate surface area is 241 Å². The standard InChI is InChI=1S/C33H33N5.BrH/c1-2-11-31-27(7-1)17-18-30(37-31)24-38(32-12-5-8-28-9-6-20-36-33(28)32)23-26-15-13-25(14-16-26)21-34-22-29-10-3-4-19-35-29;/h1-4,6-7,9-11,13-20,32,34H,5,8,12,21-24H2;1H. The highest BCUT2D eigenvalue weighted by atomic mass is 79.9. The van der Waals surface area contributed by atoms with Crippen molar-refractivity contribution in [2.45, 2.75) is 51.5 Å². The van der Waals surface area contributed by atoms with Crippen LogP contribution in [0.5, 0.6) is 0 Å². The van der Waals surface area contributed by atoms with Gasteiger partial charge < -0.3 is 5.32 Å². The Morgan fingerprint density at radius 2 is 1.54 bits per heavy atom. The average Bonchev–Trinajstić information content (AvgIpc) is 2.98. The monoisotopic (exact) mass is 579 g/mol. The van der Waals surface area contributed by atoms with Crippen LogP contribution >= 0.6 is 17.0 Å². The fourth-order valence-electron chi connectivity index (χ4n) is 5.46. The number of aryl methyl sites for hydroxylation is 1. The zero-order valence-corrected chi connectivity index (χ0v) is 23.8. The number of aromatic nitrogens is 3.